The highest BCUT2D eigenvalue weighted by atomic mass is 16.5. The lowest BCUT2D eigenvalue weighted by molar-refractivity contribution is 0.210. The first-order valence-corrected chi connectivity index (χ1v) is 6.37. The van der Waals surface area contributed by atoms with E-state index < -0.39 is 0 Å². The summed E-state index contributed by atoms with van der Waals surface area (Å²) in [6.45, 7) is 3.26. The second-order valence-corrected chi connectivity index (χ2v) is 4.40. The molecule has 2 rings (SSSR count). The minimum Gasteiger partial charge on any atom is -0.393 e. The van der Waals surface area contributed by atoms with Gasteiger partial charge in [-0.05, 0) is 24.6 Å². The zero-order chi connectivity index (χ0) is 14.4. The maximum Gasteiger partial charge on any atom is 0.159 e. The van der Waals surface area contributed by atoms with Crippen LogP contribution in [0.4, 0.5) is 23.0 Å². The lowest BCUT2D eigenvalue weighted by Crippen LogP contribution is -2.12. The molecule has 0 fully saturated rings. The van der Waals surface area contributed by atoms with E-state index in [0.29, 0.717) is 30.5 Å². The molecule has 1 aromatic carbocycles. The van der Waals surface area contributed by atoms with Crippen LogP contribution in [0.2, 0.25) is 0 Å². The summed E-state index contributed by atoms with van der Waals surface area (Å²) in [6.07, 6.45) is 1.48. The number of hydrogen-bond acceptors (Lipinski definition) is 6. The Kier molecular flexibility index (Phi) is 4.73. The fourth-order valence-electron chi connectivity index (χ4n) is 1.77. The fraction of sp³-hybridized carbons (Fsp3) is 0.286. The van der Waals surface area contributed by atoms with Crippen LogP contribution in [0.5, 0.6) is 0 Å². The number of aromatic nitrogens is 2. The number of benzene rings is 1. The zero-order valence-electron chi connectivity index (χ0n) is 11.7. The highest BCUT2D eigenvalue weighted by molar-refractivity contribution is 5.77. The van der Waals surface area contributed by atoms with Crippen LogP contribution in [0, 0.1) is 6.92 Å². The van der Waals surface area contributed by atoms with E-state index in [9.17, 15) is 0 Å². The second kappa shape index (κ2) is 6.72. The van der Waals surface area contributed by atoms with Crippen LogP contribution in [-0.2, 0) is 4.74 Å². The lowest BCUT2D eigenvalue weighted by Gasteiger charge is -2.12. The molecule has 0 amide bonds. The number of nitrogens with zero attached hydrogens (tertiary/aromatic N) is 2. The van der Waals surface area contributed by atoms with Crippen molar-refractivity contribution in [3.05, 3.63) is 36.2 Å². The Morgan fingerprint density at radius 2 is 2.05 bits per heavy atom. The Morgan fingerprint density at radius 1 is 1.25 bits per heavy atom. The van der Waals surface area contributed by atoms with Gasteiger partial charge in [0.15, 0.2) is 11.6 Å². The van der Waals surface area contributed by atoms with Crippen LogP contribution < -0.4 is 16.4 Å². The van der Waals surface area contributed by atoms with Crippen molar-refractivity contribution >= 4 is 23.0 Å². The average Bonchev–Trinajstić information content (AvgIpc) is 2.43. The molecular weight excluding hydrogens is 254 g/mol. The van der Waals surface area contributed by atoms with E-state index in [2.05, 4.69) is 20.6 Å². The monoisotopic (exact) mass is 273 g/mol. The number of methoxy groups -OCH3 is 1. The fourth-order valence-corrected chi connectivity index (χ4v) is 1.77. The van der Waals surface area contributed by atoms with Gasteiger partial charge in [0.25, 0.3) is 0 Å². The summed E-state index contributed by atoms with van der Waals surface area (Å²) in [5, 5.41) is 6.31. The van der Waals surface area contributed by atoms with Gasteiger partial charge in [-0.2, -0.15) is 0 Å². The van der Waals surface area contributed by atoms with Gasteiger partial charge in [0.05, 0.1) is 6.61 Å². The number of hydrogen-bond donors (Lipinski definition) is 3. The quantitative estimate of drug-likeness (QED) is 0.699. The van der Waals surface area contributed by atoms with Gasteiger partial charge in [0.1, 0.15) is 12.0 Å². The number of anilines is 4. The van der Waals surface area contributed by atoms with E-state index in [4.69, 9.17) is 10.5 Å². The predicted molar refractivity (Wildman–Crippen MR) is 81.3 cm³/mol. The van der Waals surface area contributed by atoms with Crippen molar-refractivity contribution in [2.24, 2.45) is 0 Å². The van der Waals surface area contributed by atoms with Crippen LogP contribution in [0.1, 0.15) is 5.56 Å². The zero-order valence-corrected chi connectivity index (χ0v) is 11.7. The minimum absolute atomic E-state index is 0.491. The molecule has 6 nitrogen and oxygen atoms in total. The molecule has 0 aliphatic rings. The van der Waals surface area contributed by atoms with Crippen LogP contribution in [0.25, 0.3) is 0 Å². The lowest BCUT2D eigenvalue weighted by atomic mass is 10.2. The van der Waals surface area contributed by atoms with Crippen molar-refractivity contribution in [1.82, 2.24) is 9.97 Å². The van der Waals surface area contributed by atoms with Crippen molar-refractivity contribution < 1.29 is 4.74 Å². The van der Waals surface area contributed by atoms with E-state index in [1.807, 2.05) is 31.2 Å². The summed E-state index contributed by atoms with van der Waals surface area (Å²) < 4.78 is 4.98. The first-order valence-electron chi connectivity index (χ1n) is 6.37. The van der Waals surface area contributed by atoms with Gasteiger partial charge in [-0.3, -0.25) is 0 Å². The van der Waals surface area contributed by atoms with Crippen molar-refractivity contribution in [2.45, 2.75) is 6.92 Å². The third kappa shape index (κ3) is 3.58. The molecule has 1 heterocycles. The molecule has 0 atom stereocenters. The largest absolute Gasteiger partial charge is 0.393 e. The maximum atomic E-state index is 6.06. The van der Waals surface area contributed by atoms with Crippen LogP contribution >= 0.6 is 0 Å². The normalized spacial score (nSPS) is 10.3. The van der Waals surface area contributed by atoms with Crippen molar-refractivity contribution in [3.63, 3.8) is 0 Å². The van der Waals surface area contributed by atoms with Crippen molar-refractivity contribution in [3.8, 4) is 0 Å². The topological polar surface area (TPSA) is 85.1 Å². The molecule has 20 heavy (non-hydrogen) atoms. The Bertz CT molecular complexity index is 573. The third-order valence-corrected chi connectivity index (χ3v) is 2.76. The molecule has 0 unspecified atom stereocenters. The maximum absolute atomic E-state index is 6.06. The minimum atomic E-state index is 0.491. The molecule has 6 heteroatoms. The van der Waals surface area contributed by atoms with E-state index in [0.717, 1.165) is 5.69 Å². The van der Waals surface area contributed by atoms with Gasteiger partial charge >= 0.3 is 0 Å². The Hall–Kier alpha value is -2.34. The molecule has 0 bridgehead atoms. The number of nitrogens with one attached hydrogen (secondary N) is 2. The first kappa shape index (κ1) is 14.1. The summed E-state index contributed by atoms with van der Waals surface area (Å²) in [5.41, 5.74) is 8.66. The van der Waals surface area contributed by atoms with E-state index in [1.165, 1.54) is 11.9 Å². The van der Waals surface area contributed by atoms with Gasteiger partial charge in [-0.25, -0.2) is 9.97 Å². The molecule has 0 saturated heterocycles. The van der Waals surface area contributed by atoms with E-state index in [-0.39, 0.29) is 0 Å². The number of rotatable bonds is 6. The van der Waals surface area contributed by atoms with Gasteiger partial charge in [0, 0.05) is 19.3 Å². The van der Waals surface area contributed by atoms with E-state index in [1.54, 1.807) is 7.11 Å². The Morgan fingerprint density at radius 3 is 2.80 bits per heavy atom. The molecule has 0 aliphatic carbocycles. The first-order chi connectivity index (χ1) is 9.70. The molecule has 2 aromatic rings. The molecule has 0 aliphatic heterocycles. The SMILES string of the molecule is COCCNc1ncnc(Nc2cccc(C)c2)c1N. The van der Waals surface area contributed by atoms with Gasteiger partial charge in [0.2, 0.25) is 0 Å². The molecule has 0 saturated carbocycles. The summed E-state index contributed by atoms with van der Waals surface area (Å²) in [6, 6.07) is 8.01. The molecule has 0 radical (unpaired) electrons. The number of nitrogens with two attached hydrogens (primary N) is 1. The third-order valence-electron chi connectivity index (χ3n) is 2.76. The summed E-state index contributed by atoms with van der Waals surface area (Å²) in [7, 11) is 1.65. The molecule has 1 aromatic heterocycles. The van der Waals surface area contributed by atoms with Gasteiger partial charge < -0.3 is 21.1 Å². The van der Waals surface area contributed by atoms with Crippen LogP contribution in [0.15, 0.2) is 30.6 Å². The molecule has 4 N–H and O–H groups in total. The molecule has 106 valence electrons. The van der Waals surface area contributed by atoms with Crippen LogP contribution in [0.3, 0.4) is 0 Å². The average molecular weight is 273 g/mol. The van der Waals surface area contributed by atoms with Crippen molar-refractivity contribution in [1.29, 1.82) is 0 Å². The number of nitrogen functional groups attached to an aromatic ring is 1. The molecule has 0 spiro atoms. The Balaban J connectivity index is 2.14. The van der Waals surface area contributed by atoms with Gasteiger partial charge in [-0.1, -0.05) is 12.1 Å². The summed E-state index contributed by atoms with van der Waals surface area (Å²) in [4.78, 5) is 8.30. The second-order valence-electron chi connectivity index (χ2n) is 4.40. The predicted octanol–water partition coefficient (Wildman–Crippen LogP) is 2.17. The standard InChI is InChI=1S/C14H19N5O/c1-10-4-3-5-11(8-10)19-14-12(15)13(17-9-18-14)16-6-7-20-2/h3-5,8-9H,6-7,15H2,1-2H3,(H2,16,17,18,19). The molecular formula is C14H19N5O. The van der Waals surface area contributed by atoms with Crippen LogP contribution in [-0.4, -0.2) is 30.2 Å². The van der Waals surface area contributed by atoms with Crippen molar-refractivity contribution in [2.75, 3.05) is 36.6 Å². The highest BCUT2D eigenvalue weighted by Crippen LogP contribution is 2.25. The number of ether oxygens (including phenoxy) is 1. The Labute approximate surface area is 118 Å². The van der Waals surface area contributed by atoms with E-state index >= 15 is 0 Å². The summed E-state index contributed by atoms with van der Waals surface area (Å²) in [5.74, 6) is 1.19. The van der Waals surface area contributed by atoms with Gasteiger partial charge in [-0.15, -0.1) is 0 Å². The highest BCUT2D eigenvalue weighted by Gasteiger charge is 2.07. The number of aryl methyl sites for hydroxylation is 1. The summed E-state index contributed by atoms with van der Waals surface area (Å²) >= 11 is 0. The smallest absolute Gasteiger partial charge is 0.159 e.